The Bertz CT molecular complexity index is 993. The fourth-order valence-corrected chi connectivity index (χ4v) is 4.94. The zero-order valence-corrected chi connectivity index (χ0v) is 21.7. The molecule has 0 saturated carbocycles. The molecule has 178 valence electrons. The summed E-state index contributed by atoms with van der Waals surface area (Å²) in [4.78, 5) is 14.1. The van der Waals surface area contributed by atoms with Gasteiger partial charge < -0.3 is 16.0 Å². The molecular weight excluding hydrogens is 430 g/mol. The number of hydrogen-bond acceptors (Lipinski definition) is 5. The van der Waals surface area contributed by atoms with Crippen molar-refractivity contribution in [3.63, 3.8) is 0 Å². The lowest BCUT2D eigenvalue weighted by Crippen LogP contribution is -2.59. The summed E-state index contributed by atoms with van der Waals surface area (Å²) in [5.74, 6) is 1.05. The maximum absolute atomic E-state index is 5.65. The lowest BCUT2D eigenvalue weighted by molar-refractivity contribution is 0.164. The first-order chi connectivity index (χ1) is 15.4. The third kappa shape index (κ3) is 7.47. The molecule has 0 aliphatic carbocycles. The number of para-hydroxylation sites is 1. The molecule has 1 fully saturated rings. The minimum Gasteiger partial charge on any atom is -0.332 e. The maximum Gasteiger partial charge on any atom is 0.229 e. The number of rotatable bonds is 4. The van der Waals surface area contributed by atoms with Crippen LogP contribution in [0.25, 0.3) is 0 Å². The molecular formula is C25H37N7S. The van der Waals surface area contributed by atoms with Crippen LogP contribution in [0.4, 0.5) is 11.6 Å². The number of benzene rings is 1. The van der Waals surface area contributed by atoms with Crippen molar-refractivity contribution in [2.24, 2.45) is 4.99 Å². The molecule has 0 bridgehead atoms. The second-order valence-corrected chi connectivity index (χ2v) is 10.5. The minimum absolute atomic E-state index is 0.0176. The highest BCUT2D eigenvalue weighted by Gasteiger charge is 2.37. The van der Waals surface area contributed by atoms with E-state index in [1.165, 1.54) is 5.56 Å². The SMILES string of the molecule is CCc1ccccc1NC(=S)NC(=NC1CC(C)(C)NC(C)(C)C1)Nc1nc(C)cc(C)n1. The van der Waals surface area contributed by atoms with Crippen molar-refractivity contribution in [1.82, 2.24) is 20.6 Å². The second kappa shape index (κ2) is 10.1. The van der Waals surface area contributed by atoms with Crippen LogP contribution in [0.3, 0.4) is 0 Å². The zero-order valence-electron chi connectivity index (χ0n) is 20.8. The first-order valence-electron chi connectivity index (χ1n) is 11.6. The fraction of sp³-hybridized carbons (Fsp3) is 0.520. The quantitative estimate of drug-likeness (QED) is 0.294. The van der Waals surface area contributed by atoms with Gasteiger partial charge >= 0.3 is 0 Å². The molecule has 0 unspecified atom stereocenters. The largest absolute Gasteiger partial charge is 0.332 e. The minimum atomic E-state index is -0.0176. The summed E-state index contributed by atoms with van der Waals surface area (Å²) in [7, 11) is 0. The van der Waals surface area contributed by atoms with Gasteiger partial charge in [-0.1, -0.05) is 25.1 Å². The van der Waals surface area contributed by atoms with Crippen molar-refractivity contribution in [1.29, 1.82) is 0 Å². The highest BCUT2D eigenvalue weighted by atomic mass is 32.1. The van der Waals surface area contributed by atoms with Crippen LogP contribution in [0.5, 0.6) is 0 Å². The summed E-state index contributed by atoms with van der Waals surface area (Å²) < 4.78 is 0. The smallest absolute Gasteiger partial charge is 0.229 e. The number of aliphatic imine (C=N–C) groups is 1. The topological polar surface area (TPSA) is 86.3 Å². The molecule has 2 aromatic rings. The molecule has 3 rings (SSSR count). The molecule has 33 heavy (non-hydrogen) atoms. The van der Waals surface area contributed by atoms with Crippen LogP contribution >= 0.6 is 12.2 Å². The van der Waals surface area contributed by atoms with Crippen molar-refractivity contribution in [3.05, 3.63) is 47.3 Å². The van der Waals surface area contributed by atoms with Gasteiger partial charge in [0.25, 0.3) is 0 Å². The van der Waals surface area contributed by atoms with Crippen LogP contribution in [0.2, 0.25) is 0 Å². The molecule has 0 amide bonds. The molecule has 1 aliphatic rings. The van der Waals surface area contributed by atoms with Crippen molar-refractivity contribution >= 4 is 34.9 Å². The van der Waals surface area contributed by atoms with E-state index >= 15 is 0 Å². The van der Waals surface area contributed by atoms with Crippen LogP contribution in [-0.4, -0.2) is 38.2 Å². The third-order valence-corrected chi connectivity index (χ3v) is 5.78. The molecule has 0 radical (unpaired) electrons. The monoisotopic (exact) mass is 467 g/mol. The van der Waals surface area contributed by atoms with Gasteiger partial charge in [-0.3, -0.25) is 5.32 Å². The molecule has 1 aromatic carbocycles. The fourth-order valence-electron chi connectivity index (χ4n) is 4.74. The Morgan fingerprint density at radius 1 is 1.06 bits per heavy atom. The maximum atomic E-state index is 5.65. The predicted molar refractivity (Wildman–Crippen MR) is 142 cm³/mol. The molecule has 1 saturated heterocycles. The Balaban J connectivity index is 1.86. The molecule has 1 aliphatic heterocycles. The standard InChI is InChI=1S/C25H37N7S/c1-8-18-11-9-10-12-20(18)29-23(33)31-22(30-21-26-16(2)13-17(3)27-21)28-19-14-24(4,5)32-25(6,7)15-19/h9-13,19,32H,8,14-15H2,1-7H3,(H3,26,27,28,29,30,31,33). The van der Waals surface area contributed by atoms with Gasteiger partial charge in [0.2, 0.25) is 11.9 Å². The van der Waals surface area contributed by atoms with Gasteiger partial charge in [-0.2, -0.15) is 0 Å². The average Bonchev–Trinajstić information content (AvgIpc) is 2.64. The van der Waals surface area contributed by atoms with Crippen molar-refractivity contribution in [3.8, 4) is 0 Å². The third-order valence-electron chi connectivity index (χ3n) is 5.57. The molecule has 4 N–H and O–H groups in total. The van der Waals surface area contributed by atoms with Gasteiger partial charge in [0, 0.05) is 28.2 Å². The highest BCUT2D eigenvalue weighted by molar-refractivity contribution is 7.80. The summed E-state index contributed by atoms with van der Waals surface area (Å²) in [6.45, 7) is 14.9. The van der Waals surface area contributed by atoms with E-state index in [0.717, 1.165) is 36.3 Å². The Morgan fingerprint density at radius 3 is 2.27 bits per heavy atom. The van der Waals surface area contributed by atoms with E-state index in [9.17, 15) is 0 Å². The number of hydrogen-bond donors (Lipinski definition) is 4. The zero-order chi connectivity index (χ0) is 24.2. The van der Waals surface area contributed by atoms with Crippen molar-refractivity contribution in [2.75, 3.05) is 10.6 Å². The van der Waals surface area contributed by atoms with E-state index in [-0.39, 0.29) is 17.1 Å². The summed E-state index contributed by atoms with van der Waals surface area (Å²) in [5, 5.41) is 14.0. The number of nitrogens with zero attached hydrogens (tertiary/aromatic N) is 3. The molecule has 1 aromatic heterocycles. The number of anilines is 2. The van der Waals surface area contributed by atoms with E-state index in [1.807, 2.05) is 38.1 Å². The van der Waals surface area contributed by atoms with Gasteiger partial charge in [-0.25, -0.2) is 15.0 Å². The van der Waals surface area contributed by atoms with E-state index in [1.54, 1.807) is 0 Å². The van der Waals surface area contributed by atoms with Gasteiger partial charge in [-0.05, 0) is 90.7 Å². The Morgan fingerprint density at radius 2 is 1.67 bits per heavy atom. The number of nitrogens with one attached hydrogen (secondary N) is 4. The Kier molecular flexibility index (Phi) is 7.69. The van der Waals surface area contributed by atoms with Crippen LogP contribution in [0.15, 0.2) is 35.3 Å². The summed E-state index contributed by atoms with van der Waals surface area (Å²) in [5.41, 5.74) is 3.94. The van der Waals surface area contributed by atoms with Gasteiger partial charge in [-0.15, -0.1) is 0 Å². The summed E-state index contributed by atoms with van der Waals surface area (Å²) in [6.07, 6.45) is 2.74. The number of thiocarbonyl (C=S) groups is 1. The molecule has 8 heteroatoms. The average molecular weight is 468 g/mol. The van der Waals surface area contributed by atoms with E-state index in [0.29, 0.717) is 17.0 Å². The molecule has 0 atom stereocenters. The lowest BCUT2D eigenvalue weighted by atomic mass is 9.80. The number of aromatic nitrogens is 2. The van der Waals surface area contributed by atoms with Crippen LogP contribution in [-0.2, 0) is 6.42 Å². The first kappa shape index (κ1) is 25.1. The Hall–Kier alpha value is -2.58. The summed E-state index contributed by atoms with van der Waals surface area (Å²) >= 11 is 5.65. The number of aryl methyl sites for hydroxylation is 3. The molecule has 0 spiro atoms. The van der Waals surface area contributed by atoms with Crippen LogP contribution in [0.1, 0.15) is 64.4 Å². The number of guanidine groups is 1. The van der Waals surface area contributed by atoms with E-state index in [2.05, 4.69) is 71.9 Å². The van der Waals surface area contributed by atoms with Gasteiger partial charge in [0.05, 0.1) is 6.04 Å². The first-order valence-corrected chi connectivity index (χ1v) is 12.0. The highest BCUT2D eigenvalue weighted by Crippen LogP contribution is 2.30. The summed E-state index contributed by atoms with van der Waals surface area (Å²) in [6, 6.07) is 10.2. The van der Waals surface area contributed by atoms with Crippen LogP contribution < -0.4 is 21.3 Å². The normalized spacial score (nSPS) is 18.0. The Labute approximate surface area is 203 Å². The van der Waals surface area contributed by atoms with Crippen molar-refractivity contribution in [2.45, 2.75) is 84.8 Å². The molecule has 7 nitrogen and oxygen atoms in total. The number of piperidine rings is 1. The van der Waals surface area contributed by atoms with Crippen LogP contribution in [0, 0.1) is 13.8 Å². The van der Waals surface area contributed by atoms with Crippen molar-refractivity contribution < 1.29 is 0 Å². The van der Waals surface area contributed by atoms with Gasteiger partial charge in [0.15, 0.2) is 5.11 Å². The lowest BCUT2D eigenvalue weighted by Gasteiger charge is -2.45. The van der Waals surface area contributed by atoms with Gasteiger partial charge in [0.1, 0.15) is 0 Å². The second-order valence-electron chi connectivity index (χ2n) is 10.1. The van der Waals surface area contributed by atoms with E-state index < -0.39 is 0 Å². The predicted octanol–water partition coefficient (Wildman–Crippen LogP) is 4.72. The molecule has 2 heterocycles. The van der Waals surface area contributed by atoms with E-state index in [4.69, 9.17) is 17.2 Å².